The molecule has 0 aliphatic carbocycles. The summed E-state index contributed by atoms with van der Waals surface area (Å²) in [6.07, 6.45) is 0.721. The zero-order valence-corrected chi connectivity index (χ0v) is 11.9. The first-order valence-corrected chi connectivity index (χ1v) is 6.37. The molecule has 0 fully saturated rings. The fourth-order valence-corrected chi connectivity index (χ4v) is 1.97. The van der Waals surface area contributed by atoms with E-state index in [0.717, 1.165) is 0 Å². The van der Waals surface area contributed by atoms with Crippen LogP contribution >= 0.6 is 0 Å². The minimum Gasteiger partial charge on any atom is -0.383 e. The van der Waals surface area contributed by atoms with Gasteiger partial charge in [-0.3, -0.25) is 19.1 Å². The highest BCUT2D eigenvalue weighted by molar-refractivity contribution is 5.76. The summed E-state index contributed by atoms with van der Waals surface area (Å²) in [5.41, 5.74) is 9.19. The Morgan fingerprint density at radius 1 is 1.40 bits per heavy atom. The lowest BCUT2D eigenvalue weighted by molar-refractivity contribution is -0.118. The number of rotatable bonds is 6. The first-order chi connectivity index (χ1) is 9.18. The lowest BCUT2D eigenvalue weighted by atomic mass is 10.00. The molecule has 0 spiro atoms. The minimum atomic E-state index is -0.749. The van der Waals surface area contributed by atoms with Crippen molar-refractivity contribution in [2.24, 2.45) is 5.73 Å². The number of anilines is 2. The Hall–Kier alpha value is -2.25. The number of hydrogen-bond acceptors (Lipinski definition) is 5. The van der Waals surface area contributed by atoms with Crippen molar-refractivity contribution in [2.45, 2.75) is 45.7 Å². The number of carbonyl (C=O) groups excluding carboxylic acids is 1. The van der Waals surface area contributed by atoms with E-state index in [0.29, 0.717) is 13.0 Å². The van der Waals surface area contributed by atoms with Gasteiger partial charge in [0.1, 0.15) is 11.5 Å². The number of nitrogens with two attached hydrogens (primary N) is 2. The highest BCUT2D eigenvalue weighted by Gasteiger charge is 2.24. The van der Waals surface area contributed by atoms with Crippen molar-refractivity contribution < 1.29 is 4.79 Å². The van der Waals surface area contributed by atoms with Crippen LogP contribution in [0.5, 0.6) is 0 Å². The van der Waals surface area contributed by atoms with Crippen LogP contribution in [0.2, 0.25) is 0 Å². The molecule has 1 heterocycles. The topological polar surface area (TPSA) is 136 Å². The quantitative estimate of drug-likeness (QED) is 0.563. The average molecular weight is 283 g/mol. The lowest BCUT2D eigenvalue weighted by Crippen LogP contribution is -2.41. The standard InChI is InChI=1S/C12H21N5O3/c1-4-5-17-9(14)8(10(19)15-11(17)20)16-12(2,3)6-7(13)18/h16H,4-6,14H2,1-3H3,(H2,13,18)(H,15,19,20). The molecule has 1 rings (SSSR count). The van der Waals surface area contributed by atoms with E-state index in [-0.39, 0.29) is 17.9 Å². The molecule has 1 aromatic heterocycles. The lowest BCUT2D eigenvalue weighted by Gasteiger charge is -2.26. The Morgan fingerprint density at radius 3 is 2.50 bits per heavy atom. The van der Waals surface area contributed by atoms with Crippen molar-refractivity contribution in [1.82, 2.24) is 9.55 Å². The minimum absolute atomic E-state index is 0.0266. The average Bonchev–Trinajstić information content (AvgIpc) is 2.28. The van der Waals surface area contributed by atoms with Crippen LogP contribution in [-0.4, -0.2) is 21.0 Å². The highest BCUT2D eigenvalue weighted by atomic mass is 16.2. The predicted molar refractivity (Wildman–Crippen MR) is 77.5 cm³/mol. The van der Waals surface area contributed by atoms with E-state index in [9.17, 15) is 14.4 Å². The van der Waals surface area contributed by atoms with E-state index in [4.69, 9.17) is 11.5 Å². The molecule has 0 atom stereocenters. The molecular formula is C12H21N5O3. The third-order valence-electron chi connectivity index (χ3n) is 2.77. The first kappa shape index (κ1) is 15.8. The molecule has 6 N–H and O–H groups in total. The molecule has 0 aliphatic heterocycles. The maximum atomic E-state index is 11.9. The molecule has 0 unspecified atom stereocenters. The molecule has 0 bridgehead atoms. The van der Waals surface area contributed by atoms with Gasteiger partial charge in [0.25, 0.3) is 5.56 Å². The van der Waals surface area contributed by atoms with Crippen LogP contribution in [0.15, 0.2) is 9.59 Å². The van der Waals surface area contributed by atoms with Gasteiger partial charge in [-0.1, -0.05) is 6.92 Å². The Morgan fingerprint density at radius 2 is 2.00 bits per heavy atom. The monoisotopic (exact) mass is 283 g/mol. The molecule has 112 valence electrons. The number of hydrogen-bond donors (Lipinski definition) is 4. The van der Waals surface area contributed by atoms with Crippen LogP contribution < -0.4 is 28.0 Å². The number of nitrogens with zero attached hydrogens (tertiary/aromatic N) is 1. The van der Waals surface area contributed by atoms with Gasteiger partial charge in [0, 0.05) is 18.5 Å². The van der Waals surface area contributed by atoms with Gasteiger partial charge in [-0.2, -0.15) is 0 Å². The summed E-state index contributed by atoms with van der Waals surface area (Å²) in [5.74, 6) is -0.447. The second-order valence-corrected chi connectivity index (χ2v) is 5.32. The van der Waals surface area contributed by atoms with Gasteiger partial charge in [-0.25, -0.2) is 4.79 Å². The van der Waals surface area contributed by atoms with E-state index in [1.807, 2.05) is 6.92 Å². The van der Waals surface area contributed by atoms with Crippen LogP contribution in [0.1, 0.15) is 33.6 Å². The SMILES string of the molecule is CCCn1c(N)c(NC(C)(C)CC(N)=O)c(=O)[nH]c1=O. The molecule has 0 radical (unpaired) electrons. The normalized spacial score (nSPS) is 11.3. The second-order valence-electron chi connectivity index (χ2n) is 5.32. The van der Waals surface area contributed by atoms with Crippen LogP contribution in [0.4, 0.5) is 11.5 Å². The molecule has 8 nitrogen and oxygen atoms in total. The van der Waals surface area contributed by atoms with Crippen LogP contribution in [-0.2, 0) is 11.3 Å². The predicted octanol–water partition coefficient (Wildman–Crippen LogP) is -0.405. The van der Waals surface area contributed by atoms with Crippen molar-refractivity contribution >= 4 is 17.4 Å². The third-order valence-corrected chi connectivity index (χ3v) is 2.77. The maximum Gasteiger partial charge on any atom is 0.330 e. The van der Waals surface area contributed by atoms with Gasteiger partial charge in [-0.05, 0) is 20.3 Å². The summed E-state index contributed by atoms with van der Waals surface area (Å²) in [4.78, 5) is 36.7. The fourth-order valence-electron chi connectivity index (χ4n) is 1.97. The van der Waals surface area contributed by atoms with Crippen molar-refractivity contribution in [3.8, 4) is 0 Å². The number of carbonyl (C=O) groups is 1. The fraction of sp³-hybridized carbons (Fsp3) is 0.583. The zero-order valence-electron chi connectivity index (χ0n) is 11.9. The summed E-state index contributed by atoms with van der Waals surface area (Å²) < 4.78 is 1.28. The number of aromatic nitrogens is 2. The second kappa shape index (κ2) is 5.81. The molecule has 0 aliphatic rings. The highest BCUT2D eigenvalue weighted by Crippen LogP contribution is 2.19. The maximum absolute atomic E-state index is 11.9. The Balaban J connectivity index is 3.25. The summed E-state index contributed by atoms with van der Waals surface area (Å²) in [6, 6.07) is 0. The smallest absolute Gasteiger partial charge is 0.330 e. The van der Waals surface area contributed by atoms with Gasteiger partial charge in [0.2, 0.25) is 5.91 Å². The van der Waals surface area contributed by atoms with E-state index in [2.05, 4.69) is 10.3 Å². The number of primary amides is 1. The Bertz CT molecular complexity index is 614. The first-order valence-electron chi connectivity index (χ1n) is 6.37. The summed E-state index contributed by atoms with van der Waals surface area (Å²) in [7, 11) is 0. The van der Waals surface area contributed by atoms with E-state index in [1.54, 1.807) is 13.8 Å². The van der Waals surface area contributed by atoms with Crippen molar-refractivity contribution in [3.63, 3.8) is 0 Å². The van der Waals surface area contributed by atoms with Gasteiger partial charge in [-0.15, -0.1) is 0 Å². The molecular weight excluding hydrogens is 262 g/mol. The van der Waals surface area contributed by atoms with E-state index < -0.39 is 22.7 Å². The summed E-state index contributed by atoms with van der Waals surface area (Å²) in [6.45, 7) is 5.71. The van der Waals surface area contributed by atoms with Crippen LogP contribution in [0, 0.1) is 0 Å². The van der Waals surface area contributed by atoms with Gasteiger partial charge < -0.3 is 16.8 Å². The largest absolute Gasteiger partial charge is 0.383 e. The summed E-state index contributed by atoms with van der Waals surface area (Å²) >= 11 is 0. The van der Waals surface area contributed by atoms with E-state index >= 15 is 0 Å². The number of aromatic amines is 1. The van der Waals surface area contributed by atoms with Gasteiger partial charge >= 0.3 is 5.69 Å². The molecule has 20 heavy (non-hydrogen) atoms. The number of nitrogens with one attached hydrogen (secondary N) is 2. The van der Waals surface area contributed by atoms with Gasteiger partial charge in [0.05, 0.1) is 0 Å². The molecule has 8 heteroatoms. The molecule has 1 amide bonds. The number of H-pyrrole nitrogens is 1. The van der Waals surface area contributed by atoms with Crippen molar-refractivity contribution in [3.05, 3.63) is 20.8 Å². The molecule has 0 aromatic carbocycles. The van der Waals surface area contributed by atoms with Gasteiger partial charge in [0.15, 0.2) is 0 Å². The molecule has 0 saturated heterocycles. The van der Waals surface area contributed by atoms with Crippen LogP contribution in [0.25, 0.3) is 0 Å². The number of nitrogen functional groups attached to an aromatic ring is 1. The Kier molecular flexibility index (Phi) is 4.59. The zero-order chi connectivity index (χ0) is 15.5. The summed E-state index contributed by atoms with van der Waals surface area (Å²) in [5, 5.41) is 2.88. The third kappa shape index (κ3) is 3.62. The molecule has 0 saturated carbocycles. The molecule has 1 aromatic rings. The Labute approximate surface area is 116 Å². The number of amides is 1. The van der Waals surface area contributed by atoms with E-state index in [1.165, 1.54) is 4.57 Å². The van der Waals surface area contributed by atoms with Crippen molar-refractivity contribution in [2.75, 3.05) is 11.1 Å². The van der Waals surface area contributed by atoms with Crippen LogP contribution in [0.3, 0.4) is 0 Å². The van der Waals surface area contributed by atoms with Crippen molar-refractivity contribution in [1.29, 1.82) is 0 Å².